The molecule has 0 fully saturated rings. The average Bonchev–Trinajstić information content (AvgIpc) is 1.00. The van der Waals surface area contributed by atoms with E-state index in [1.165, 1.54) is 41.9 Å². The minimum Gasteiger partial charge on any atom is -0.458 e. The van der Waals surface area contributed by atoms with Crippen LogP contribution in [-0.4, -0.2) is 20.1 Å². The van der Waals surface area contributed by atoms with Crippen molar-refractivity contribution in [1.82, 2.24) is 0 Å². The summed E-state index contributed by atoms with van der Waals surface area (Å²) in [6.45, 7) is 16.8. The Labute approximate surface area is 683 Å². The van der Waals surface area contributed by atoms with Crippen molar-refractivity contribution in [3.8, 4) is 46.0 Å². The highest BCUT2D eigenvalue weighted by atomic mass is 32.1. The normalized spacial score (nSPS) is 13.2. The van der Waals surface area contributed by atoms with Gasteiger partial charge in [0.15, 0.2) is 0 Å². The second-order valence-corrected chi connectivity index (χ2v) is 34.1. The number of ether oxygens (including phenoxy) is 4. The lowest BCUT2D eigenvalue weighted by molar-refractivity contribution is 0.468. The standard InChI is InChI=1S/C102H74B3N5O4S2/c1-59-37-41-71(42-38-59)108(72-43-39-60(2)40-44-72)75-53-90-96-91(54-75)114-100-77-34-22-24-36-93(77)116-102(100)105(96)81-55-78-82(57-87(81)112-90)109(97-63(5)45-61(3)46-64(97)6)84-49-73(106(67-25-13-9-14-26-67)68-27-15-10-16-28-68)51-88-94(84)103(78)80-56-79-83(58-86(80)111-88)110(98-65(7)47-62(4)48-66(98)8)85-50-74(107(69-29-17-11-18-30-69)70-31-19-12-20-32-70)52-89-95(85)104(79)101-99(113-89)76-33-21-23-35-92(76)115-101/h9-58H,1-8H3. The molecule has 6 aliphatic heterocycles. The summed E-state index contributed by atoms with van der Waals surface area (Å²) in [5.74, 6) is 6.45. The average molecular weight is 1530 g/mol. The summed E-state index contributed by atoms with van der Waals surface area (Å²) in [7, 11) is 0. The van der Waals surface area contributed by atoms with Crippen LogP contribution < -0.4 is 91.2 Å². The Hall–Kier alpha value is -13.4. The maximum atomic E-state index is 8.14. The molecule has 0 saturated carbocycles. The van der Waals surface area contributed by atoms with Crippen molar-refractivity contribution in [2.75, 3.05) is 24.5 Å². The number of thiophene rings is 2. The minimum atomic E-state index is -0.401. The van der Waals surface area contributed by atoms with Crippen LogP contribution in [0.4, 0.5) is 85.3 Å². The number of benzene rings is 15. The van der Waals surface area contributed by atoms with Crippen molar-refractivity contribution in [3.05, 3.63) is 348 Å². The molecule has 6 aliphatic rings. The van der Waals surface area contributed by atoms with Crippen LogP contribution >= 0.6 is 22.7 Å². The summed E-state index contributed by atoms with van der Waals surface area (Å²) in [5.41, 5.74) is 32.4. The Morgan fingerprint density at radius 2 is 0.569 bits per heavy atom. The summed E-state index contributed by atoms with van der Waals surface area (Å²) in [4.78, 5) is 12.2. The number of nitrogens with zero attached hydrogens (tertiary/aromatic N) is 5. The molecule has 23 rings (SSSR count). The zero-order valence-corrected chi connectivity index (χ0v) is 66.9. The molecular weight excluding hydrogens is 1460 g/mol. The van der Waals surface area contributed by atoms with Crippen LogP contribution in [0.3, 0.4) is 0 Å². The van der Waals surface area contributed by atoms with Gasteiger partial charge >= 0.3 is 0 Å². The van der Waals surface area contributed by atoms with Crippen molar-refractivity contribution in [2.24, 2.45) is 0 Å². The van der Waals surface area contributed by atoms with E-state index in [1.807, 2.05) is 22.7 Å². The molecule has 17 aromatic rings. The van der Waals surface area contributed by atoms with E-state index in [-0.39, 0.29) is 13.4 Å². The monoisotopic (exact) mass is 1530 g/mol. The third-order valence-electron chi connectivity index (χ3n) is 24.4. The lowest BCUT2D eigenvalue weighted by Gasteiger charge is -2.44. The molecule has 9 nitrogen and oxygen atoms in total. The van der Waals surface area contributed by atoms with E-state index in [4.69, 9.17) is 18.9 Å². The quantitative estimate of drug-likeness (QED) is 0.118. The zero-order chi connectivity index (χ0) is 77.6. The molecule has 14 heteroatoms. The van der Waals surface area contributed by atoms with E-state index in [9.17, 15) is 0 Å². The Morgan fingerprint density at radius 3 is 0.983 bits per heavy atom. The first kappa shape index (κ1) is 68.2. The van der Waals surface area contributed by atoms with Gasteiger partial charge in [-0.15, -0.1) is 22.7 Å². The number of anilines is 15. The van der Waals surface area contributed by atoms with E-state index < -0.39 is 6.71 Å². The molecule has 552 valence electrons. The lowest BCUT2D eigenvalue weighted by atomic mass is 9.30. The van der Waals surface area contributed by atoms with Crippen LogP contribution in [0.25, 0.3) is 20.2 Å². The number of hydrogen-bond donors (Lipinski definition) is 0. The molecule has 0 aliphatic carbocycles. The van der Waals surface area contributed by atoms with Gasteiger partial charge in [0.1, 0.15) is 46.0 Å². The molecule has 15 aromatic carbocycles. The predicted molar refractivity (Wildman–Crippen MR) is 489 cm³/mol. The Kier molecular flexibility index (Phi) is 15.3. The van der Waals surface area contributed by atoms with Gasteiger partial charge in [0.25, 0.3) is 20.1 Å². The third kappa shape index (κ3) is 10.5. The second kappa shape index (κ2) is 26.1. The van der Waals surface area contributed by atoms with Crippen molar-refractivity contribution in [3.63, 3.8) is 0 Å². The zero-order valence-electron chi connectivity index (χ0n) is 65.3. The molecule has 8 heterocycles. The van der Waals surface area contributed by atoms with E-state index in [0.717, 1.165) is 202 Å². The molecular formula is C102H74B3N5O4S2. The predicted octanol–water partition coefficient (Wildman–Crippen LogP) is 22.5. The fraction of sp³-hybridized carbons (Fsp3) is 0.0784. The van der Waals surface area contributed by atoms with Gasteiger partial charge in [0, 0.05) is 128 Å². The molecule has 0 spiro atoms. The SMILES string of the molecule is Cc1ccc(N(c2ccc(C)cc2)c2cc3c4c(c2)Oc2c(sc5ccccc25)B4c2cc4c(cc2O3)N(c2c(C)cc(C)cc2C)c2cc(N(c3ccccc3)c3ccccc3)cc3c2B4c2cc4c(cc2O3)N(c2c(C)cc(C)cc2C)c2cc(N(c3ccccc3)c3ccccc3)cc3c2B4c2sc4ccccc4c2O3)cc1. The summed E-state index contributed by atoms with van der Waals surface area (Å²) in [6, 6.07) is 111. The van der Waals surface area contributed by atoms with Gasteiger partial charge in [-0.05, 0) is 220 Å². The highest BCUT2D eigenvalue weighted by Gasteiger charge is 2.51. The maximum Gasteiger partial charge on any atom is 0.273 e. The van der Waals surface area contributed by atoms with Crippen LogP contribution in [0.2, 0.25) is 0 Å². The fourth-order valence-electron chi connectivity index (χ4n) is 19.7. The highest BCUT2D eigenvalue weighted by Crippen LogP contribution is 2.55. The van der Waals surface area contributed by atoms with Gasteiger partial charge in [-0.25, -0.2) is 0 Å². The van der Waals surface area contributed by atoms with Gasteiger partial charge in [0.05, 0.1) is 28.4 Å². The smallest absolute Gasteiger partial charge is 0.273 e. The minimum absolute atomic E-state index is 0.274. The molecule has 0 radical (unpaired) electrons. The first-order valence-electron chi connectivity index (χ1n) is 39.9. The molecule has 0 atom stereocenters. The first-order valence-corrected chi connectivity index (χ1v) is 41.6. The lowest BCUT2D eigenvalue weighted by Crippen LogP contribution is -2.64. The summed E-state index contributed by atoms with van der Waals surface area (Å²) in [6.07, 6.45) is 0. The van der Waals surface area contributed by atoms with E-state index >= 15 is 0 Å². The van der Waals surface area contributed by atoms with Crippen molar-refractivity contribution in [1.29, 1.82) is 0 Å². The molecule has 0 bridgehead atoms. The van der Waals surface area contributed by atoms with Crippen LogP contribution in [0.15, 0.2) is 303 Å². The number of hydrogen-bond acceptors (Lipinski definition) is 11. The first-order chi connectivity index (χ1) is 56.8. The number of aryl methyl sites for hydroxylation is 8. The second-order valence-electron chi connectivity index (χ2n) is 32.0. The summed E-state index contributed by atoms with van der Waals surface area (Å²) >= 11 is 3.66. The van der Waals surface area contributed by atoms with Gasteiger partial charge in [0.2, 0.25) is 0 Å². The Morgan fingerprint density at radius 1 is 0.250 bits per heavy atom. The van der Waals surface area contributed by atoms with E-state index in [2.05, 4.69) is 383 Å². The number of fused-ring (bicyclic) bond motifs is 16. The topological polar surface area (TPSA) is 53.1 Å². The van der Waals surface area contributed by atoms with Gasteiger partial charge < -0.3 is 43.4 Å². The molecule has 0 unspecified atom stereocenters. The van der Waals surface area contributed by atoms with Crippen LogP contribution in [-0.2, 0) is 0 Å². The van der Waals surface area contributed by atoms with Crippen LogP contribution in [0, 0.1) is 55.4 Å². The van der Waals surface area contributed by atoms with Crippen molar-refractivity contribution < 1.29 is 18.9 Å². The van der Waals surface area contributed by atoms with E-state index in [0.29, 0.717) is 0 Å². The van der Waals surface area contributed by atoms with Gasteiger partial charge in [-0.2, -0.15) is 0 Å². The fourth-order valence-corrected chi connectivity index (χ4v) is 22.2. The van der Waals surface area contributed by atoms with E-state index in [1.54, 1.807) is 0 Å². The van der Waals surface area contributed by atoms with Crippen LogP contribution in [0.5, 0.6) is 46.0 Å². The molecule has 116 heavy (non-hydrogen) atoms. The highest BCUT2D eigenvalue weighted by molar-refractivity contribution is 7.34. The number of rotatable bonds is 11. The summed E-state index contributed by atoms with van der Waals surface area (Å²) in [5, 5.41) is 2.18. The van der Waals surface area contributed by atoms with Crippen molar-refractivity contribution in [2.45, 2.75) is 55.4 Å². The van der Waals surface area contributed by atoms with Crippen molar-refractivity contribution >= 4 is 196 Å². The third-order valence-corrected chi connectivity index (χ3v) is 26.8. The largest absolute Gasteiger partial charge is 0.458 e. The Balaban J connectivity index is 0.821. The molecule has 0 saturated heterocycles. The van der Waals surface area contributed by atoms with Gasteiger partial charge in [-0.1, -0.05) is 180 Å². The summed E-state index contributed by atoms with van der Waals surface area (Å²) < 4.78 is 35.9. The van der Waals surface area contributed by atoms with Crippen LogP contribution in [0.1, 0.15) is 44.5 Å². The molecule has 2 aromatic heterocycles. The number of para-hydroxylation sites is 4. The molecule has 0 N–H and O–H groups in total. The molecule has 0 amide bonds. The Bertz CT molecular complexity index is 6830. The van der Waals surface area contributed by atoms with Gasteiger partial charge in [-0.3, -0.25) is 0 Å². The maximum absolute atomic E-state index is 8.14.